The SMILES string of the molecule is CCN(Cc1ccccc1)C(=O)c1ccc(N2CCN(C)CC2)cn1. The molecule has 1 aliphatic heterocycles. The molecule has 132 valence electrons. The fourth-order valence-electron chi connectivity index (χ4n) is 3.06. The molecule has 1 fully saturated rings. The third-order valence-corrected chi connectivity index (χ3v) is 4.72. The van der Waals surface area contributed by atoms with Gasteiger partial charge in [0, 0.05) is 39.3 Å². The Labute approximate surface area is 149 Å². The molecule has 5 heteroatoms. The summed E-state index contributed by atoms with van der Waals surface area (Å²) in [5.41, 5.74) is 2.73. The number of nitrogens with zero attached hydrogens (tertiary/aromatic N) is 4. The van der Waals surface area contributed by atoms with E-state index in [1.807, 2.05) is 60.5 Å². The molecule has 0 bridgehead atoms. The summed E-state index contributed by atoms with van der Waals surface area (Å²) in [7, 11) is 2.14. The number of likely N-dealkylation sites (N-methyl/N-ethyl adjacent to an activating group) is 1. The van der Waals surface area contributed by atoms with E-state index in [-0.39, 0.29) is 5.91 Å². The first-order valence-electron chi connectivity index (χ1n) is 8.90. The van der Waals surface area contributed by atoms with Gasteiger partial charge in [0.15, 0.2) is 0 Å². The molecule has 1 aromatic heterocycles. The Morgan fingerprint density at radius 1 is 1.08 bits per heavy atom. The van der Waals surface area contributed by atoms with Gasteiger partial charge in [-0.1, -0.05) is 30.3 Å². The van der Waals surface area contributed by atoms with E-state index in [1.54, 1.807) is 0 Å². The lowest BCUT2D eigenvalue weighted by atomic mass is 10.2. The molecule has 2 heterocycles. The maximum atomic E-state index is 12.8. The zero-order valence-electron chi connectivity index (χ0n) is 15.1. The highest BCUT2D eigenvalue weighted by Gasteiger charge is 2.18. The molecule has 1 aromatic carbocycles. The number of rotatable bonds is 5. The normalized spacial score (nSPS) is 15.2. The van der Waals surface area contributed by atoms with Gasteiger partial charge in [-0.05, 0) is 31.7 Å². The van der Waals surface area contributed by atoms with Crippen LogP contribution in [-0.4, -0.2) is 60.5 Å². The van der Waals surface area contributed by atoms with E-state index in [2.05, 4.69) is 21.8 Å². The average molecular weight is 338 g/mol. The molecule has 3 rings (SSSR count). The number of amides is 1. The van der Waals surface area contributed by atoms with Gasteiger partial charge in [0.25, 0.3) is 5.91 Å². The predicted octanol–water partition coefficient (Wildman–Crippen LogP) is 2.50. The Kier molecular flexibility index (Phi) is 5.66. The van der Waals surface area contributed by atoms with E-state index < -0.39 is 0 Å². The van der Waals surface area contributed by atoms with Crippen molar-refractivity contribution in [3.05, 3.63) is 59.9 Å². The minimum absolute atomic E-state index is 0.0173. The van der Waals surface area contributed by atoms with Gasteiger partial charge in [-0.15, -0.1) is 0 Å². The zero-order chi connectivity index (χ0) is 17.6. The Morgan fingerprint density at radius 2 is 1.80 bits per heavy atom. The molecule has 0 radical (unpaired) electrons. The second-order valence-corrected chi connectivity index (χ2v) is 6.50. The third kappa shape index (κ3) is 4.37. The van der Waals surface area contributed by atoms with Crippen molar-refractivity contribution in [2.45, 2.75) is 13.5 Å². The van der Waals surface area contributed by atoms with Crippen LogP contribution < -0.4 is 4.90 Å². The maximum Gasteiger partial charge on any atom is 0.272 e. The minimum atomic E-state index is -0.0173. The molecule has 0 N–H and O–H groups in total. The second-order valence-electron chi connectivity index (χ2n) is 6.50. The highest BCUT2D eigenvalue weighted by atomic mass is 16.2. The number of hydrogen-bond acceptors (Lipinski definition) is 4. The first-order chi connectivity index (χ1) is 12.2. The van der Waals surface area contributed by atoms with E-state index in [0.29, 0.717) is 18.8 Å². The van der Waals surface area contributed by atoms with Crippen molar-refractivity contribution < 1.29 is 4.79 Å². The number of hydrogen-bond donors (Lipinski definition) is 0. The molecule has 0 spiro atoms. The van der Waals surface area contributed by atoms with Gasteiger partial charge in [0.05, 0.1) is 11.9 Å². The Balaban J connectivity index is 1.67. The van der Waals surface area contributed by atoms with Crippen LogP contribution in [0.1, 0.15) is 23.0 Å². The van der Waals surface area contributed by atoms with Crippen molar-refractivity contribution in [2.24, 2.45) is 0 Å². The number of pyridine rings is 1. The summed E-state index contributed by atoms with van der Waals surface area (Å²) in [4.78, 5) is 23.7. The quantitative estimate of drug-likeness (QED) is 0.840. The van der Waals surface area contributed by atoms with Crippen molar-refractivity contribution in [1.82, 2.24) is 14.8 Å². The fraction of sp³-hybridized carbons (Fsp3) is 0.400. The molecule has 1 aliphatic rings. The van der Waals surface area contributed by atoms with E-state index in [1.165, 1.54) is 0 Å². The Bertz CT molecular complexity index is 679. The molecule has 5 nitrogen and oxygen atoms in total. The number of piperazine rings is 1. The van der Waals surface area contributed by atoms with Crippen LogP contribution >= 0.6 is 0 Å². The Hall–Kier alpha value is -2.40. The molecule has 0 unspecified atom stereocenters. The molecule has 1 amide bonds. The highest BCUT2D eigenvalue weighted by Crippen LogP contribution is 2.16. The van der Waals surface area contributed by atoms with E-state index in [4.69, 9.17) is 0 Å². The summed E-state index contributed by atoms with van der Waals surface area (Å²) in [6.07, 6.45) is 1.83. The summed E-state index contributed by atoms with van der Waals surface area (Å²) in [6, 6.07) is 13.9. The van der Waals surface area contributed by atoms with Gasteiger partial charge in [-0.25, -0.2) is 4.98 Å². The molecule has 2 aromatic rings. The fourth-order valence-corrected chi connectivity index (χ4v) is 3.06. The van der Waals surface area contributed by atoms with Crippen LogP contribution in [0.4, 0.5) is 5.69 Å². The van der Waals surface area contributed by atoms with Crippen molar-refractivity contribution in [3.8, 4) is 0 Å². The molecule has 25 heavy (non-hydrogen) atoms. The van der Waals surface area contributed by atoms with Crippen LogP contribution in [0.15, 0.2) is 48.7 Å². The molecular weight excluding hydrogens is 312 g/mol. The van der Waals surface area contributed by atoms with Crippen LogP contribution in [0.3, 0.4) is 0 Å². The smallest absolute Gasteiger partial charge is 0.272 e. The summed E-state index contributed by atoms with van der Waals surface area (Å²) in [5, 5.41) is 0. The standard InChI is InChI=1S/C20H26N4O/c1-3-23(16-17-7-5-4-6-8-17)20(25)19-10-9-18(15-21-19)24-13-11-22(2)12-14-24/h4-10,15H,3,11-14,16H2,1-2H3. The van der Waals surface area contributed by atoms with Gasteiger partial charge in [-0.3, -0.25) is 4.79 Å². The van der Waals surface area contributed by atoms with Crippen molar-refractivity contribution in [2.75, 3.05) is 44.7 Å². The van der Waals surface area contributed by atoms with Crippen molar-refractivity contribution in [3.63, 3.8) is 0 Å². The summed E-state index contributed by atoms with van der Waals surface area (Å²) in [5.74, 6) is -0.0173. The van der Waals surface area contributed by atoms with Gasteiger partial charge in [0.2, 0.25) is 0 Å². The number of anilines is 1. The largest absolute Gasteiger partial charge is 0.368 e. The maximum absolute atomic E-state index is 12.8. The third-order valence-electron chi connectivity index (χ3n) is 4.72. The van der Waals surface area contributed by atoms with E-state index in [9.17, 15) is 4.79 Å². The number of carbonyl (C=O) groups excluding carboxylic acids is 1. The van der Waals surface area contributed by atoms with Crippen LogP contribution in [0.2, 0.25) is 0 Å². The van der Waals surface area contributed by atoms with Crippen molar-refractivity contribution in [1.29, 1.82) is 0 Å². The summed E-state index contributed by atoms with van der Waals surface area (Å²) < 4.78 is 0. The number of aromatic nitrogens is 1. The van der Waals surface area contributed by atoms with Crippen LogP contribution in [-0.2, 0) is 6.54 Å². The monoisotopic (exact) mass is 338 g/mol. The van der Waals surface area contributed by atoms with E-state index >= 15 is 0 Å². The lowest BCUT2D eigenvalue weighted by molar-refractivity contribution is 0.0746. The van der Waals surface area contributed by atoms with Crippen LogP contribution in [0.5, 0.6) is 0 Å². The van der Waals surface area contributed by atoms with E-state index in [0.717, 1.165) is 37.4 Å². The number of carbonyl (C=O) groups is 1. The minimum Gasteiger partial charge on any atom is -0.368 e. The topological polar surface area (TPSA) is 39.7 Å². The lowest BCUT2D eigenvalue weighted by Gasteiger charge is -2.33. The first-order valence-corrected chi connectivity index (χ1v) is 8.90. The Morgan fingerprint density at radius 3 is 2.40 bits per heavy atom. The molecule has 1 saturated heterocycles. The van der Waals surface area contributed by atoms with Crippen LogP contribution in [0.25, 0.3) is 0 Å². The summed E-state index contributed by atoms with van der Waals surface area (Å²) in [6.45, 7) is 7.39. The number of benzene rings is 1. The second kappa shape index (κ2) is 8.12. The predicted molar refractivity (Wildman–Crippen MR) is 101 cm³/mol. The highest BCUT2D eigenvalue weighted by molar-refractivity contribution is 5.92. The molecular formula is C20H26N4O. The summed E-state index contributed by atoms with van der Waals surface area (Å²) >= 11 is 0. The lowest BCUT2D eigenvalue weighted by Crippen LogP contribution is -2.44. The van der Waals surface area contributed by atoms with Gasteiger partial charge in [0.1, 0.15) is 5.69 Å². The molecule has 0 aliphatic carbocycles. The zero-order valence-corrected chi connectivity index (χ0v) is 15.1. The first kappa shape index (κ1) is 17.4. The van der Waals surface area contributed by atoms with Gasteiger partial charge < -0.3 is 14.7 Å². The molecule has 0 saturated carbocycles. The molecule has 0 atom stereocenters. The average Bonchev–Trinajstić information content (AvgIpc) is 2.67. The van der Waals surface area contributed by atoms with Gasteiger partial charge in [-0.2, -0.15) is 0 Å². The van der Waals surface area contributed by atoms with Crippen LogP contribution in [0, 0.1) is 0 Å². The van der Waals surface area contributed by atoms with Crippen molar-refractivity contribution >= 4 is 11.6 Å². The van der Waals surface area contributed by atoms with Gasteiger partial charge >= 0.3 is 0 Å².